The minimum absolute atomic E-state index is 0.00756. The Morgan fingerprint density at radius 2 is 1.20 bits per heavy atom. The van der Waals surface area contributed by atoms with Crippen LogP contribution in [0, 0.1) is 0 Å². The maximum Gasteiger partial charge on any atom is 0.412 e. The molecular weight excluding hydrogens is 1080 g/mol. The van der Waals surface area contributed by atoms with Crippen molar-refractivity contribution in [1.82, 2.24) is 40.5 Å². The van der Waals surface area contributed by atoms with Crippen molar-refractivity contribution in [2.45, 2.75) is 128 Å². The number of halogens is 2. The fourth-order valence-corrected chi connectivity index (χ4v) is 9.52. The van der Waals surface area contributed by atoms with E-state index in [0.717, 1.165) is 78.9 Å². The van der Waals surface area contributed by atoms with Crippen LogP contribution in [0.25, 0.3) is 39.0 Å². The molecule has 10 rings (SSSR count). The van der Waals surface area contributed by atoms with Gasteiger partial charge in [0.2, 0.25) is 5.95 Å². The van der Waals surface area contributed by atoms with Gasteiger partial charge in [0.25, 0.3) is 5.91 Å². The van der Waals surface area contributed by atoms with E-state index in [-0.39, 0.29) is 29.6 Å². The van der Waals surface area contributed by atoms with Crippen LogP contribution in [0.4, 0.5) is 32.9 Å². The molecule has 4 atom stereocenters. The van der Waals surface area contributed by atoms with E-state index < -0.39 is 29.4 Å². The highest BCUT2D eigenvalue weighted by molar-refractivity contribution is 6.33. The number of amides is 3. The third-order valence-electron chi connectivity index (χ3n) is 12.8. The van der Waals surface area contributed by atoms with Gasteiger partial charge in [-0.3, -0.25) is 20.5 Å². The Morgan fingerprint density at radius 1 is 0.654 bits per heavy atom. The fourth-order valence-electron chi connectivity index (χ4n) is 9.16. The van der Waals surface area contributed by atoms with Crippen LogP contribution in [-0.2, 0) is 9.47 Å². The number of nitrogens with two attached hydrogens (primary N) is 1. The predicted octanol–water partition coefficient (Wildman–Crippen LogP) is 11.5. The number of ether oxygens (including phenoxy) is 2. The van der Waals surface area contributed by atoms with Crippen LogP contribution in [0.5, 0.6) is 0 Å². The number of fused-ring (bicyclic) bond motifs is 2. The van der Waals surface area contributed by atoms with Gasteiger partial charge < -0.3 is 36.3 Å². The Morgan fingerprint density at radius 3 is 1.80 bits per heavy atom. The van der Waals surface area contributed by atoms with Crippen molar-refractivity contribution in [3.63, 3.8) is 0 Å². The number of nitrogens with zero attached hydrogens (tertiary/aromatic N) is 6. The molecule has 3 amide bonds. The molecule has 10 N–H and O–H groups in total. The topological polar surface area (TPSA) is 293 Å². The summed E-state index contributed by atoms with van der Waals surface area (Å²) in [5.74, 6) is 0.445. The second kappa shape index (κ2) is 26.2. The predicted molar refractivity (Wildman–Crippen MR) is 313 cm³/mol. The van der Waals surface area contributed by atoms with Crippen molar-refractivity contribution in [3.05, 3.63) is 137 Å². The number of aromatic amines is 2. The van der Waals surface area contributed by atoms with Crippen LogP contribution in [0.3, 0.4) is 0 Å². The Kier molecular flexibility index (Phi) is 19.0. The summed E-state index contributed by atoms with van der Waals surface area (Å²) in [6.45, 7) is 10.7. The van der Waals surface area contributed by atoms with E-state index in [2.05, 4.69) is 61.8 Å². The first-order chi connectivity index (χ1) is 38.6. The number of nitrogens with one attached hydrogen (secondary N) is 7. The number of para-hydroxylation sites is 2. The first kappa shape index (κ1) is 58.7. The molecular formula is C58H67Cl2N14O7+. The fraction of sp³-hybridized carbons (Fsp3) is 0.345. The van der Waals surface area contributed by atoms with Crippen LogP contribution < -0.4 is 37.0 Å². The van der Waals surface area contributed by atoms with Gasteiger partial charge in [-0.2, -0.15) is 10.1 Å². The van der Waals surface area contributed by atoms with Crippen LogP contribution in [0.1, 0.15) is 114 Å². The highest BCUT2D eigenvalue weighted by atomic mass is 35.5. The SMILES string of the molecule is CC(C)(C)OC(=O)Nc1ccc(C(=O)N[C@H]2CCC[C@@H](Nc3ncc(Cl)c(-[n+]4cc5ccccc5[nH]4)n3)C2)cc1.CC(C)(C)OC(=O)Nc1ccc(C(=O)O)cc1.N[C@H]1CCC[C@@H](Nc2ncc(Cl)c(-c3n[nH]c4ccccc34)n2)C1. The van der Waals surface area contributed by atoms with Gasteiger partial charge in [0.1, 0.15) is 28.8 Å². The number of rotatable bonds is 11. The number of hydrogen-bond acceptors (Lipinski definition) is 14. The summed E-state index contributed by atoms with van der Waals surface area (Å²) in [5.41, 5.74) is 9.94. The van der Waals surface area contributed by atoms with E-state index >= 15 is 0 Å². The van der Waals surface area contributed by atoms with E-state index in [4.69, 9.17) is 43.5 Å². The first-order valence-electron chi connectivity index (χ1n) is 26.6. The summed E-state index contributed by atoms with van der Waals surface area (Å²) in [4.78, 5) is 64.9. The van der Waals surface area contributed by atoms with Crippen molar-refractivity contribution in [3.8, 4) is 17.2 Å². The number of anilines is 4. The zero-order valence-corrected chi connectivity index (χ0v) is 47.4. The van der Waals surface area contributed by atoms with Crippen molar-refractivity contribution < 1.29 is 38.4 Å². The van der Waals surface area contributed by atoms with Crippen LogP contribution in [0.2, 0.25) is 10.0 Å². The third kappa shape index (κ3) is 17.1. The van der Waals surface area contributed by atoms with Gasteiger partial charge in [-0.05, 0) is 160 Å². The second-order valence-corrected chi connectivity index (χ2v) is 22.5. The van der Waals surface area contributed by atoms with Crippen LogP contribution in [-0.4, -0.2) is 99.8 Å². The van der Waals surface area contributed by atoms with Gasteiger partial charge in [-0.15, -0.1) is 4.68 Å². The maximum atomic E-state index is 12.9. The number of aromatic nitrogens is 8. The van der Waals surface area contributed by atoms with Gasteiger partial charge in [0.05, 0.1) is 34.0 Å². The molecule has 2 fully saturated rings. The lowest BCUT2D eigenvalue weighted by Crippen LogP contribution is -2.42. The van der Waals surface area contributed by atoms with E-state index in [9.17, 15) is 19.2 Å². The van der Waals surface area contributed by atoms with Gasteiger partial charge in [0.15, 0.2) is 5.02 Å². The number of carboxylic acids is 1. The molecule has 21 nitrogen and oxygen atoms in total. The van der Waals surface area contributed by atoms with E-state index in [1.165, 1.54) is 24.3 Å². The molecule has 4 heterocycles. The number of carbonyl (C=O) groups excluding carboxylic acids is 3. The zero-order valence-electron chi connectivity index (χ0n) is 45.8. The molecule has 0 unspecified atom stereocenters. The van der Waals surface area contributed by atoms with Crippen molar-refractivity contribution in [2.75, 3.05) is 21.3 Å². The average Bonchev–Trinajstić information content (AvgIpc) is 4.08. The molecule has 424 valence electrons. The minimum atomic E-state index is -1.01. The van der Waals surface area contributed by atoms with Gasteiger partial charge in [0, 0.05) is 56.9 Å². The number of H-pyrrole nitrogens is 2. The quantitative estimate of drug-likeness (QED) is 0.0544. The molecule has 2 aliphatic rings. The minimum Gasteiger partial charge on any atom is -0.478 e. The summed E-state index contributed by atoms with van der Waals surface area (Å²) in [6.07, 6.45) is 11.8. The molecule has 8 aromatic rings. The monoisotopic (exact) mass is 1140 g/mol. The Labute approximate surface area is 478 Å². The molecule has 0 saturated heterocycles. The molecule has 0 radical (unpaired) electrons. The number of aromatic carboxylic acids is 1. The summed E-state index contributed by atoms with van der Waals surface area (Å²) in [6, 6.07) is 29.1. The van der Waals surface area contributed by atoms with Gasteiger partial charge in [-0.25, -0.2) is 29.5 Å². The maximum absolute atomic E-state index is 12.9. The molecule has 2 aliphatic carbocycles. The summed E-state index contributed by atoms with van der Waals surface area (Å²) >= 11 is 12.8. The third-order valence-corrected chi connectivity index (χ3v) is 13.4. The summed E-state index contributed by atoms with van der Waals surface area (Å²) in [7, 11) is 0. The van der Waals surface area contributed by atoms with Gasteiger partial charge in [-0.1, -0.05) is 53.5 Å². The molecule has 23 heteroatoms. The first-order valence-corrected chi connectivity index (χ1v) is 27.4. The van der Waals surface area contributed by atoms with E-state index in [1.807, 2.05) is 54.7 Å². The number of hydrogen-bond donors (Lipinski definition) is 9. The van der Waals surface area contributed by atoms with Crippen LogP contribution in [0.15, 0.2) is 116 Å². The normalized spacial score (nSPS) is 17.0. The number of carboxylic acid groups (broad SMARTS) is 1. The number of carbonyl (C=O) groups is 4. The largest absolute Gasteiger partial charge is 0.478 e. The van der Waals surface area contributed by atoms with Gasteiger partial charge >= 0.3 is 29.9 Å². The van der Waals surface area contributed by atoms with E-state index in [1.54, 1.807) is 82.9 Å². The Balaban J connectivity index is 0.000000177. The molecule has 4 aromatic carbocycles. The highest BCUT2D eigenvalue weighted by Gasteiger charge is 2.28. The lowest BCUT2D eigenvalue weighted by Gasteiger charge is -2.29. The van der Waals surface area contributed by atoms with Crippen molar-refractivity contribution >= 4 is 92.3 Å². The number of benzene rings is 4. The standard InChI is InChI=1S/C29H32ClN7O3.C17H19ClN6.C12H15NO4/c1-29(2,3)40-28(39)34-20-13-11-18(12-14-20)26(38)32-21-8-6-9-22(15-21)33-27-31-16-23(30)25(35-27)37-17-19-7-4-5-10-24(19)36-37;18-13-9-20-17(21-11-5-3-4-10(19)8-11)22-16(13)15-12-6-1-2-7-14(12)23-24-15;1-12(2,3)17-11(16)13-9-6-4-8(5-7-9)10(14)15/h4-5,7,10-14,16-17,21-22H,6,8-9,15H2,1-3H3,(H3,31,32,33,34,35,38,39);1-2,6-7,9-11H,3-5,8,19H2,(H,23,24)(H,20,21,22);4-7H,1-3H3,(H,13,16)(H,14,15)/p+1/t21-,22+;10-,11+;/m00./s1. The zero-order chi connectivity index (χ0) is 57.8. The van der Waals surface area contributed by atoms with Crippen LogP contribution >= 0.6 is 23.2 Å². The van der Waals surface area contributed by atoms with Crippen molar-refractivity contribution in [1.29, 1.82) is 0 Å². The lowest BCUT2D eigenvalue weighted by atomic mass is 9.91. The van der Waals surface area contributed by atoms with E-state index in [0.29, 0.717) is 56.4 Å². The Hall–Kier alpha value is -8.40. The summed E-state index contributed by atoms with van der Waals surface area (Å²) in [5, 5.41) is 37.5. The summed E-state index contributed by atoms with van der Waals surface area (Å²) < 4.78 is 12.1. The average molecular weight is 1140 g/mol. The molecule has 4 aromatic heterocycles. The molecule has 2 saturated carbocycles. The molecule has 0 aliphatic heterocycles. The Bertz CT molecular complexity index is 3440. The molecule has 0 bridgehead atoms. The molecule has 81 heavy (non-hydrogen) atoms. The lowest BCUT2D eigenvalue weighted by molar-refractivity contribution is -0.656. The second-order valence-electron chi connectivity index (χ2n) is 21.7. The smallest absolute Gasteiger partial charge is 0.412 e. The molecule has 0 spiro atoms. The van der Waals surface area contributed by atoms with Crippen molar-refractivity contribution in [2.24, 2.45) is 5.73 Å². The highest BCUT2D eigenvalue weighted by Crippen LogP contribution is 2.31.